The van der Waals surface area contributed by atoms with E-state index in [1.807, 2.05) is 14.0 Å². The molecule has 4 heteroatoms. The molecular formula is C12H23NO3. The van der Waals surface area contributed by atoms with Crippen molar-refractivity contribution in [1.82, 2.24) is 4.90 Å². The minimum Gasteiger partial charge on any atom is -0.466 e. The number of aliphatic hydroxyl groups is 1. The largest absolute Gasteiger partial charge is 0.466 e. The number of piperidine rings is 1. The molecule has 16 heavy (non-hydrogen) atoms. The van der Waals surface area contributed by atoms with Gasteiger partial charge in [0, 0.05) is 12.6 Å². The van der Waals surface area contributed by atoms with E-state index in [0.717, 1.165) is 6.54 Å². The average molecular weight is 229 g/mol. The van der Waals surface area contributed by atoms with Crippen LogP contribution in [-0.4, -0.2) is 47.8 Å². The van der Waals surface area contributed by atoms with Crippen LogP contribution in [0.15, 0.2) is 0 Å². The molecule has 1 saturated heterocycles. The summed E-state index contributed by atoms with van der Waals surface area (Å²) in [7, 11) is 2.05. The molecule has 4 nitrogen and oxygen atoms in total. The SMILES string of the molecule is CCOC(=O)CC1(O)CC(C)N(C)CC1C. The van der Waals surface area contributed by atoms with Gasteiger partial charge in [-0.1, -0.05) is 6.92 Å². The van der Waals surface area contributed by atoms with Crippen LogP contribution in [-0.2, 0) is 9.53 Å². The molecule has 1 fully saturated rings. The maximum atomic E-state index is 11.5. The van der Waals surface area contributed by atoms with Crippen LogP contribution in [0.25, 0.3) is 0 Å². The Morgan fingerprint density at radius 3 is 2.75 bits per heavy atom. The van der Waals surface area contributed by atoms with Crippen molar-refractivity contribution < 1.29 is 14.6 Å². The van der Waals surface area contributed by atoms with Crippen LogP contribution >= 0.6 is 0 Å². The Balaban J connectivity index is 2.64. The summed E-state index contributed by atoms with van der Waals surface area (Å²) in [6.45, 7) is 7.03. The van der Waals surface area contributed by atoms with Gasteiger partial charge in [-0.2, -0.15) is 0 Å². The minimum absolute atomic E-state index is 0.0955. The molecule has 0 saturated carbocycles. The van der Waals surface area contributed by atoms with Crippen molar-refractivity contribution in [2.75, 3.05) is 20.2 Å². The van der Waals surface area contributed by atoms with E-state index >= 15 is 0 Å². The Morgan fingerprint density at radius 1 is 1.56 bits per heavy atom. The fourth-order valence-electron chi connectivity index (χ4n) is 2.36. The first-order valence-corrected chi connectivity index (χ1v) is 5.97. The van der Waals surface area contributed by atoms with Crippen molar-refractivity contribution in [3.8, 4) is 0 Å². The third-order valence-electron chi connectivity index (χ3n) is 3.64. The normalized spacial score (nSPS) is 36.1. The van der Waals surface area contributed by atoms with Gasteiger partial charge in [0.1, 0.15) is 0 Å². The van der Waals surface area contributed by atoms with Crippen LogP contribution in [0, 0.1) is 5.92 Å². The molecule has 0 aromatic carbocycles. The summed E-state index contributed by atoms with van der Waals surface area (Å²) >= 11 is 0. The third kappa shape index (κ3) is 2.95. The predicted molar refractivity (Wildman–Crippen MR) is 62.1 cm³/mol. The van der Waals surface area contributed by atoms with Gasteiger partial charge in [-0.15, -0.1) is 0 Å². The zero-order valence-corrected chi connectivity index (χ0v) is 10.7. The molecule has 1 N–H and O–H groups in total. The Hall–Kier alpha value is -0.610. The molecule has 1 aliphatic rings. The minimum atomic E-state index is -0.905. The molecule has 0 aromatic rings. The summed E-state index contributed by atoms with van der Waals surface area (Å²) in [5, 5.41) is 10.5. The number of carbonyl (C=O) groups excluding carboxylic acids is 1. The van der Waals surface area contributed by atoms with Crippen LogP contribution in [0.3, 0.4) is 0 Å². The van der Waals surface area contributed by atoms with Crippen LogP contribution < -0.4 is 0 Å². The number of carbonyl (C=O) groups is 1. The number of ether oxygens (including phenoxy) is 1. The van der Waals surface area contributed by atoms with Crippen molar-refractivity contribution in [3.63, 3.8) is 0 Å². The first-order chi connectivity index (χ1) is 7.39. The Morgan fingerprint density at radius 2 is 2.19 bits per heavy atom. The van der Waals surface area contributed by atoms with Gasteiger partial charge in [0.05, 0.1) is 18.6 Å². The number of rotatable bonds is 3. The van der Waals surface area contributed by atoms with E-state index in [1.165, 1.54) is 0 Å². The Bertz CT molecular complexity index is 257. The lowest BCUT2D eigenvalue weighted by Gasteiger charge is -2.45. The van der Waals surface area contributed by atoms with Gasteiger partial charge in [-0.05, 0) is 33.2 Å². The third-order valence-corrected chi connectivity index (χ3v) is 3.64. The lowest BCUT2D eigenvalue weighted by atomic mass is 9.77. The van der Waals surface area contributed by atoms with Crippen molar-refractivity contribution >= 4 is 5.97 Å². The maximum Gasteiger partial charge on any atom is 0.308 e. The number of esters is 1. The molecule has 94 valence electrons. The second kappa shape index (κ2) is 5.15. The predicted octanol–water partition coefficient (Wildman–Crippen LogP) is 1.03. The highest BCUT2D eigenvalue weighted by atomic mass is 16.5. The van der Waals surface area contributed by atoms with Gasteiger partial charge in [0.25, 0.3) is 0 Å². The highest BCUT2D eigenvalue weighted by Crippen LogP contribution is 2.33. The van der Waals surface area contributed by atoms with E-state index in [9.17, 15) is 9.90 Å². The maximum absolute atomic E-state index is 11.5. The summed E-state index contributed by atoms with van der Waals surface area (Å²) in [6.07, 6.45) is 0.740. The van der Waals surface area contributed by atoms with Gasteiger partial charge in [0.2, 0.25) is 0 Å². The Labute approximate surface area is 97.6 Å². The molecule has 3 atom stereocenters. The van der Waals surface area contributed by atoms with E-state index in [-0.39, 0.29) is 18.3 Å². The smallest absolute Gasteiger partial charge is 0.308 e. The van der Waals surface area contributed by atoms with E-state index in [0.29, 0.717) is 19.1 Å². The molecule has 3 unspecified atom stereocenters. The van der Waals surface area contributed by atoms with Gasteiger partial charge in [-0.3, -0.25) is 4.79 Å². The van der Waals surface area contributed by atoms with E-state index in [2.05, 4.69) is 11.8 Å². The van der Waals surface area contributed by atoms with E-state index in [1.54, 1.807) is 6.92 Å². The monoisotopic (exact) mass is 229 g/mol. The van der Waals surface area contributed by atoms with E-state index in [4.69, 9.17) is 4.74 Å². The lowest BCUT2D eigenvalue weighted by Crippen LogP contribution is -2.54. The second-order valence-electron chi connectivity index (χ2n) is 4.98. The molecule has 1 rings (SSSR count). The molecule has 0 radical (unpaired) electrons. The quantitative estimate of drug-likeness (QED) is 0.734. The van der Waals surface area contributed by atoms with Gasteiger partial charge in [0.15, 0.2) is 0 Å². The number of hydrogen-bond acceptors (Lipinski definition) is 4. The summed E-state index contributed by atoms with van der Waals surface area (Å²) < 4.78 is 4.91. The fraction of sp³-hybridized carbons (Fsp3) is 0.917. The highest BCUT2D eigenvalue weighted by Gasteiger charge is 2.42. The summed E-state index contributed by atoms with van der Waals surface area (Å²) in [5.41, 5.74) is -0.905. The van der Waals surface area contributed by atoms with Crippen molar-refractivity contribution in [2.45, 2.75) is 45.3 Å². The van der Waals surface area contributed by atoms with Crippen LogP contribution in [0.2, 0.25) is 0 Å². The van der Waals surface area contributed by atoms with E-state index < -0.39 is 5.60 Å². The molecule has 0 aliphatic carbocycles. The first-order valence-electron chi connectivity index (χ1n) is 5.97. The van der Waals surface area contributed by atoms with Gasteiger partial charge < -0.3 is 14.7 Å². The zero-order chi connectivity index (χ0) is 12.3. The van der Waals surface area contributed by atoms with Crippen LogP contribution in [0.4, 0.5) is 0 Å². The Kier molecular flexibility index (Phi) is 4.33. The van der Waals surface area contributed by atoms with Crippen molar-refractivity contribution in [1.29, 1.82) is 0 Å². The molecule has 0 amide bonds. The second-order valence-corrected chi connectivity index (χ2v) is 4.98. The fourth-order valence-corrected chi connectivity index (χ4v) is 2.36. The standard InChI is InChI=1S/C12H23NO3/c1-5-16-11(14)7-12(15)6-10(3)13(4)8-9(12)2/h9-10,15H,5-8H2,1-4H3. The first kappa shape index (κ1) is 13.5. The average Bonchev–Trinajstić information content (AvgIpc) is 2.15. The highest BCUT2D eigenvalue weighted by molar-refractivity contribution is 5.70. The van der Waals surface area contributed by atoms with Gasteiger partial charge >= 0.3 is 5.97 Å². The van der Waals surface area contributed by atoms with Crippen molar-refractivity contribution in [3.05, 3.63) is 0 Å². The zero-order valence-electron chi connectivity index (χ0n) is 10.7. The number of likely N-dealkylation sites (tertiary alicyclic amines) is 1. The number of hydrogen-bond donors (Lipinski definition) is 1. The molecule has 0 spiro atoms. The summed E-state index contributed by atoms with van der Waals surface area (Å²) in [4.78, 5) is 13.7. The van der Waals surface area contributed by atoms with Crippen molar-refractivity contribution in [2.24, 2.45) is 5.92 Å². The molecule has 1 heterocycles. The molecular weight excluding hydrogens is 206 g/mol. The topological polar surface area (TPSA) is 49.8 Å². The molecule has 0 bridgehead atoms. The summed E-state index contributed by atoms with van der Waals surface area (Å²) in [5.74, 6) is -0.202. The van der Waals surface area contributed by atoms with Crippen LogP contribution in [0.1, 0.15) is 33.6 Å². The van der Waals surface area contributed by atoms with Gasteiger partial charge in [-0.25, -0.2) is 0 Å². The molecule has 1 aliphatic heterocycles. The number of nitrogens with zero attached hydrogens (tertiary/aromatic N) is 1. The molecule has 0 aromatic heterocycles. The van der Waals surface area contributed by atoms with Crippen LogP contribution in [0.5, 0.6) is 0 Å². The lowest BCUT2D eigenvalue weighted by molar-refractivity contribution is -0.155. The summed E-state index contributed by atoms with van der Waals surface area (Å²) in [6, 6.07) is 0.302.